The lowest BCUT2D eigenvalue weighted by Gasteiger charge is -2.38. The van der Waals surface area contributed by atoms with E-state index in [1.165, 1.54) is 12.3 Å². The van der Waals surface area contributed by atoms with Crippen LogP contribution in [-0.4, -0.2) is 78.8 Å². The number of anilines is 2. The van der Waals surface area contributed by atoms with Gasteiger partial charge in [0.2, 0.25) is 5.91 Å². The maximum Gasteiger partial charge on any atom is 0.573 e. The molecule has 2 unspecified atom stereocenters. The van der Waals surface area contributed by atoms with Crippen LogP contribution in [0.5, 0.6) is 5.75 Å². The van der Waals surface area contributed by atoms with Gasteiger partial charge >= 0.3 is 6.36 Å². The zero-order valence-corrected chi connectivity index (χ0v) is 31.2. The van der Waals surface area contributed by atoms with Crippen LogP contribution in [-0.2, 0) is 4.79 Å². The molecule has 52 heavy (non-hydrogen) atoms. The first kappa shape index (κ1) is 38.7. The quantitative estimate of drug-likeness (QED) is 0.230. The molecule has 2 aromatic carbocycles. The van der Waals surface area contributed by atoms with E-state index in [-0.39, 0.29) is 28.1 Å². The number of allylic oxidation sites excluding steroid dienone is 1. The van der Waals surface area contributed by atoms with Gasteiger partial charge < -0.3 is 25.2 Å². The highest BCUT2D eigenvalue weighted by Gasteiger charge is 2.34. The van der Waals surface area contributed by atoms with Gasteiger partial charge in [-0.05, 0) is 67.3 Å². The van der Waals surface area contributed by atoms with E-state index in [1.807, 2.05) is 43.7 Å². The lowest BCUT2D eigenvalue weighted by molar-refractivity contribution is -0.274. The molecule has 9 nitrogen and oxygen atoms in total. The van der Waals surface area contributed by atoms with E-state index < -0.39 is 23.4 Å². The Morgan fingerprint density at radius 1 is 1.04 bits per heavy atom. The van der Waals surface area contributed by atoms with Gasteiger partial charge in [0, 0.05) is 61.6 Å². The highest BCUT2D eigenvalue weighted by Crippen LogP contribution is 2.39. The van der Waals surface area contributed by atoms with Gasteiger partial charge in [-0.2, -0.15) is 0 Å². The molecule has 0 bridgehead atoms. The minimum atomic E-state index is -5.01. The lowest BCUT2D eigenvalue weighted by Crippen LogP contribution is -2.51. The summed E-state index contributed by atoms with van der Waals surface area (Å²) in [6, 6.07) is 12.9. The summed E-state index contributed by atoms with van der Waals surface area (Å²) >= 11 is 6.52. The van der Waals surface area contributed by atoms with Crippen LogP contribution in [0.25, 0.3) is 16.7 Å². The molecule has 13 heteroatoms. The normalized spacial score (nSPS) is 18.7. The van der Waals surface area contributed by atoms with E-state index >= 15 is 0 Å². The minimum Gasteiger partial charge on any atom is -0.405 e. The standard InChI is InChI=1S/C39H46ClF3N6O3/c1-24-18-33(47(7)23-24)26(3)44-21-25(2)27-8-10-28(11-9-27)30-19-32(40)31(20-34(30)52-39(41,42)43)36(50)46-29-12-13-35(45-22-29)48-14-16-49(17-15-48)37(51)38(4,5)6/h8-13,19-22,24,33,44H,3,14-18,23H2,1-2,4-7H3,(H,46,50)/b25-21+. The Balaban J connectivity index is 1.27. The molecule has 2 aliphatic rings. The Kier molecular flexibility index (Phi) is 11.6. The third kappa shape index (κ3) is 9.46. The molecule has 5 rings (SSSR count). The predicted molar refractivity (Wildman–Crippen MR) is 200 cm³/mol. The molecule has 0 radical (unpaired) electrons. The number of rotatable bonds is 9. The highest BCUT2D eigenvalue weighted by atomic mass is 35.5. The number of hydrogen-bond donors (Lipinski definition) is 2. The first-order valence-corrected chi connectivity index (χ1v) is 17.6. The third-order valence-corrected chi connectivity index (χ3v) is 9.68. The molecule has 0 saturated carbocycles. The van der Waals surface area contributed by atoms with Crippen LogP contribution in [0.2, 0.25) is 5.02 Å². The van der Waals surface area contributed by atoms with Crippen LogP contribution in [0, 0.1) is 11.3 Å². The Bertz CT molecular complexity index is 1810. The number of carbonyl (C=O) groups excluding carboxylic acids is 2. The molecule has 0 aliphatic carbocycles. The molecule has 2 fully saturated rings. The van der Waals surface area contributed by atoms with Crippen molar-refractivity contribution in [1.29, 1.82) is 0 Å². The third-order valence-electron chi connectivity index (χ3n) is 9.36. The van der Waals surface area contributed by atoms with Gasteiger partial charge in [0.05, 0.1) is 22.5 Å². The van der Waals surface area contributed by atoms with Gasteiger partial charge in [-0.15, -0.1) is 13.2 Å². The van der Waals surface area contributed by atoms with Gasteiger partial charge in [-0.25, -0.2) is 4.98 Å². The van der Waals surface area contributed by atoms with Crippen LogP contribution in [0.3, 0.4) is 0 Å². The molecule has 0 spiro atoms. The van der Waals surface area contributed by atoms with Crippen LogP contribution < -0.4 is 20.3 Å². The number of aromatic nitrogens is 1. The number of alkyl halides is 3. The molecule has 2 amide bonds. The number of nitrogens with one attached hydrogen (secondary N) is 2. The number of likely N-dealkylation sites (tertiary alicyclic amines) is 1. The molecule has 3 heterocycles. The summed E-state index contributed by atoms with van der Waals surface area (Å²) in [6.45, 7) is 17.4. The molecular weight excluding hydrogens is 693 g/mol. The summed E-state index contributed by atoms with van der Waals surface area (Å²) in [5.74, 6) is 0.0795. The van der Waals surface area contributed by atoms with E-state index in [4.69, 9.17) is 11.6 Å². The molecule has 2 atom stereocenters. The largest absolute Gasteiger partial charge is 0.573 e. The lowest BCUT2D eigenvalue weighted by atomic mass is 9.94. The van der Waals surface area contributed by atoms with Gasteiger partial charge in [-0.1, -0.05) is 70.1 Å². The first-order chi connectivity index (χ1) is 24.4. The highest BCUT2D eigenvalue weighted by molar-refractivity contribution is 6.35. The Hall–Kier alpha value is -4.55. The fourth-order valence-corrected chi connectivity index (χ4v) is 6.83. The molecule has 3 aromatic rings. The molecule has 2 aliphatic heterocycles. The number of amides is 2. The van der Waals surface area contributed by atoms with Crippen molar-refractivity contribution in [3.8, 4) is 16.9 Å². The predicted octanol–water partition coefficient (Wildman–Crippen LogP) is 8.05. The van der Waals surface area contributed by atoms with Crippen LogP contribution >= 0.6 is 11.6 Å². The number of piperazine rings is 1. The number of carbonyl (C=O) groups is 2. The van der Waals surface area contributed by atoms with Crippen LogP contribution in [0.15, 0.2) is 73.2 Å². The SMILES string of the molecule is C=C(N/C=C(\C)c1ccc(-c2cc(Cl)c(C(=O)Nc3ccc(N4CCN(C(=O)C(C)(C)C)CC4)nc3)cc2OC(F)(F)F)cc1)C1CC(C)CN1C. The van der Waals surface area contributed by atoms with Gasteiger partial charge in [0.1, 0.15) is 11.6 Å². The second-order valence-corrected chi connectivity index (χ2v) is 15.0. The van der Waals surface area contributed by atoms with Crippen LogP contribution in [0.1, 0.15) is 57.0 Å². The zero-order valence-electron chi connectivity index (χ0n) is 30.4. The maximum atomic E-state index is 13.6. The van der Waals surface area contributed by atoms with Crippen molar-refractivity contribution < 1.29 is 27.5 Å². The number of pyridine rings is 1. The number of benzene rings is 2. The number of nitrogens with zero attached hydrogens (tertiary/aromatic N) is 4. The summed E-state index contributed by atoms with van der Waals surface area (Å²) in [7, 11) is 2.08. The van der Waals surface area contributed by atoms with E-state index in [2.05, 4.69) is 45.8 Å². The molecule has 2 saturated heterocycles. The molecular formula is C39H46ClF3N6O3. The topological polar surface area (TPSA) is 90.0 Å². The average molecular weight is 739 g/mol. The Labute approximate surface area is 308 Å². The average Bonchev–Trinajstić information content (AvgIpc) is 3.44. The fourth-order valence-electron chi connectivity index (χ4n) is 6.58. The van der Waals surface area contributed by atoms with Crippen molar-refractivity contribution in [1.82, 2.24) is 20.1 Å². The van der Waals surface area contributed by atoms with Gasteiger partial charge in [0.25, 0.3) is 5.91 Å². The summed E-state index contributed by atoms with van der Waals surface area (Å²) in [6.07, 6.45) is -0.647. The molecule has 2 N–H and O–H groups in total. The summed E-state index contributed by atoms with van der Waals surface area (Å²) in [4.78, 5) is 36.5. The van der Waals surface area contributed by atoms with Crippen molar-refractivity contribution in [3.63, 3.8) is 0 Å². The second kappa shape index (κ2) is 15.6. The number of hydrogen-bond acceptors (Lipinski definition) is 7. The smallest absolute Gasteiger partial charge is 0.405 e. The first-order valence-electron chi connectivity index (χ1n) is 17.2. The summed E-state index contributed by atoms with van der Waals surface area (Å²) in [5.41, 5.74) is 2.85. The number of halogens is 4. The molecule has 1 aromatic heterocycles. The summed E-state index contributed by atoms with van der Waals surface area (Å²) < 4.78 is 45.2. The second-order valence-electron chi connectivity index (χ2n) is 14.6. The monoisotopic (exact) mass is 738 g/mol. The van der Waals surface area contributed by atoms with E-state index in [0.29, 0.717) is 49.2 Å². The van der Waals surface area contributed by atoms with Crippen molar-refractivity contribution >= 4 is 40.5 Å². The van der Waals surface area contributed by atoms with E-state index in [9.17, 15) is 22.8 Å². The fraction of sp³-hybridized carbons (Fsp3) is 0.410. The van der Waals surface area contributed by atoms with Crippen molar-refractivity contribution in [3.05, 3.63) is 89.4 Å². The number of likely N-dealkylation sites (N-methyl/N-ethyl adjacent to an activating group) is 1. The van der Waals surface area contributed by atoms with Crippen molar-refractivity contribution in [2.75, 3.05) is 50.0 Å². The van der Waals surface area contributed by atoms with E-state index in [0.717, 1.165) is 35.9 Å². The van der Waals surface area contributed by atoms with Gasteiger partial charge in [0.15, 0.2) is 0 Å². The van der Waals surface area contributed by atoms with Gasteiger partial charge in [-0.3, -0.25) is 14.5 Å². The summed E-state index contributed by atoms with van der Waals surface area (Å²) in [5, 5.41) is 5.92. The minimum absolute atomic E-state index is 0.0525. The Morgan fingerprint density at radius 3 is 2.27 bits per heavy atom. The maximum absolute atomic E-state index is 13.6. The molecule has 278 valence electrons. The Morgan fingerprint density at radius 2 is 1.71 bits per heavy atom. The van der Waals surface area contributed by atoms with E-state index in [1.54, 1.807) is 36.4 Å². The zero-order chi connectivity index (χ0) is 38.0. The van der Waals surface area contributed by atoms with Crippen molar-refractivity contribution in [2.24, 2.45) is 11.3 Å². The van der Waals surface area contributed by atoms with Crippen molar-refractivity contribution in [2.45, 2.75) is 53.4 Å². The van der Waals surface area contributed by atoms with Crippen LogP contribution in [0.4, 0.5) is 24.7 Å². The number of ether oxygens (including phenoxy) is 1.